The Kier molecular flexibility index (Phi) is 32.3. The second-order valence-electron chi connectivity index (χ2n) is 30.7. The first-order valence-corrected chi connectivity index (χ1v) is 40.4. The molecule has 4 aliphatic heterocycles. The van der Waals surface area contributed by atoms with Crippen molar-refractivity contribution in [1.29, 1.82) is 0 Å². The molecule has 7 aromatic carbocycles. The highest BCUT2D eigenvalue weighted by Crippen LogP contribution is 2.49. The number of aromatic hydroxyl groups is 6. The number of carbonyl (C=O) groups is 6. The van der Waals surface area contributed by atoms with E-state index in [4.69, 9.17) is 89.4 Å². The predicted molar refractivity (Wildman–Crippen MR) is 447 cm³/mol. The van der Waals surface area contributed by atoms with Crippen LogP contribution in [-0.4, -0.2) is 234 Å². The van der Waals surface area contributed by atoms with E-state index in [0.717, 1.165) is 82.5 Å². The highest BCUT2D eigenvalue weighted by atomic mass is 16.8. The van der Waals surface area contributed by atoms with Crippen LogP contribution in [0.15, 0.2) is 158 Å². The van der Waals surface area contributed by atoms with E-state index in [1.807, 2.05) is 91.0 Å². The van der Waals surface area contributed by atoms with Gasteiger partial charge in [-0.25, -0.2) is 0 Å². The van der Waals surface area contributed by atoms with Crippen LogP contribution in [0.3, 0.4) is 0 Å². The average Bonchev–Trinajstić information content (AvgIpc) is 0.751. The van der Waals surface area contributed by atoms with E-state index >= 15 is 0 Å². The molecule has 4 fully saturated rings. The van der Waals surface area contributed by atoms with Gasteiger partial charge in [-0.1, -0.05) is 112 Å². The van der Waals surface area contributed by atoms with Crippen LogP contribution in [0.5, 0.6) is 63.2 Å². The second-order valence-corrected chi connectivity index (χ2v) is 30.7. The van der Waals surface area contributed by atoms with E-state index in [0.29, 0.717) is 5.56 Å². The number of benzene rings is 7. The molecule has 698 valence electrons. The van der Waals surface area contributed by atoms with Gasteiger partial charge in [0.2, 0.25) is 46.8 Å². The Balaban J connectivity index is 0.000000250. The highest BCUT2D eigenvalue weighted by molar-refractivity contribution is 5.90. The van der Waals surface area contributed by atoms with Crippen LogP contribution in [0.1, 0.15) is 85.1 Å². The number of esters is 6. The number of hydrogen-bond acceptors (Lipinski definition) is 39. The van der Waals surface area contributed by atoms with Crippen LogP contribution in [0.2, 0.25) is 0 Å². The zero-order chi connectivity index (χ0) is 93.1. The van der Waals surface area contributed by atoms with Gasteiger partial charge in [0.25, 0.3) is 0 Å². The second kappa shape index (κ2) is 43.0. The van der Waals surface area contributed by atoms with Crippen molar-refractivity contribution in [3.8, 4) is 85.9 Å². The summed E-state index contributed by atoms with van der Waals surface area (Å²) in [6.07, 6.45) is -29.1. The maximum atomic E-state index is 14.7. The van der Waals surface area contributed by atoms with E-state index in [-0.39, 0.29) is 72.4 Å². The topological polar surface area (TPSA) is 563 Å². The first kappa shape index (κ1) is 97.7. The molecule has 0 saturated carbocycles. The van der Waals surface area contributed by atoms with Gasteiger partial charge in [-0.3, -0.25) is 38.4 Å². The number of ether oxygens (including phenoxy) is 17. The first-order valence-electron chi connectivity index (χ1n) is 40.4. The van der Waals surface area contributed by atoms with Gasteiger partial charge in [0, 0.05) is 76.6 Å². The van der Waals surface area contributed by atoms with Crippen LogP contribution in [0, 0.1) is 18.8 Å². The van der Waals surface area contributed by atoms with Crippen LogP contribution < -0.4 is 34.5 Å². The number of phenols is 6. The maximum Gasteiger partial charge on any atom is 0.303 e. The fourth-order valence-corrected chi connectivity index (χ4v) is 14.9. The summed E-state index contributed by atoms with van der Waals surface area (Å²) in [5.41, 5.74) is 0.414. The third-order valence-electron chi connectivity index (χ3n) is 21.1. The summed E-state index contributed by atoms with van der Waals surface area (Å²) in [5.74, 6) is -13.3. The van der Waals surface area contributed by atoms with E-state index in [9.17, 15) is 99.6 Å². The lowest BCUT2D eigenvalue weighted by Crippen LogP contribution is -2.66. The summed E-state index contributed by atoms with van der Waals surface area (Å²) < 4.78 is 113. The SMILES string of the molecule is C.CC(=O)OC[C@H]1O[C@@H](O[C@H]2[C@H](OC(C)=O)[C@@H](OC(C)=O)[C@H](Oc3c(-c4cc(O)c(O)c(O)c4)oc4cc(O)cc(O)c4c3=O)O[C@@H]2COC(C)=O)[C@H](OC(C)=O)[C@@H](C)[C@H]1OC(C)=O.Cc1cc(O)c2c(=O)c(O[C@@H]3O[C@H](CO)[C@@H](O[C@@H]4O[C@H](CO)[C@H](O)[C@H](C)[C@H]4O)[C@H](O)[C@H]3O)c(-c3cc(OCc4ccccc4)c(OCc4ccccc4)c(OCc4ccccc4)c3)oc2c1. The van der Waals surface area contributed by atoms with Crippen molar-refractivity contribution >= 4 is 57.8 Å². The van der Waals surface area contributed by atoms with Crippen LogP contribution in [0.4, 0.5) is 0 Å². The van der Waals surface area contributed by atoms with Gasteiger partial charge >= 0.3 is 35.8 Å². The number of aliphatic hydroxyl groups excluding tert-OH is 6. The lowest BCUT2D eigenvalue weighted by atomic mass is 9.90. The molecule has 0 aliphatic carbocycles. The summed E-state index contributed by atoms with van der Waals surface area (Å²) in [5, 5.41) is 127. The maximum absolute atomic E-state index is 14.7. The van der Waals surface area contributed by atoms with Gasteiger partial charge in [-0.2, -0.15) is 0 Å². The van der Waals surface area contributed by atoms with Crippen molar-refractivity contribution in [3.63, 3.8) is 0 Å². The van der Waals surface area contributed by atoms with E-state index < -0.39 is 258 Å². The van der Waals surface area contributed by atoms with Crippen molar-refractivity contribution < 1.29 is 179 Å². The molecular formula is C91H100O39. The van der Waals surface area contributed by atoms with E-state index in [2.05, 4.69) is 0 Å². The molecule has 39 nitrogen and oxygen atoms in total. The minimum Gasteiger partial charge on any atom is -0.508 e. The molecule has 9 aromatic rings. The summed E-state index contributed by atoms with van der Waals surface area (Å²) in [7, 11) is 0. The van der Waals surface area contributed by atoms with Crippen LogP contribution in [-0.2, 0) is 105 Å². The molecule has 2 aromatic heterocycles. The van der Waals surface area contributed by atoms with Gasteiger partial charge in [-0.15, -0.1) is 0 Å². The molecule has 0 amide bonds. The summed E-state index contributed by atoms with van der Waals surface area (Å²) in [6.45, 7) is 8.58. The number of aryl methyl sites for hydroxylation is 1. The van der Waals surface area contributed by atoms with E-state index in [1.54, 1.807) is 25.1 Å². The molecule has 0 bridgehead atoms. The molecular weight excluding hydrogens is 1720 g/mol. The zero-order valence-corrected chi connectivity index (χ0v) is 70.7. The monoisotopic (exact) mass is 1820 g/mol. The number of fused-ring (bicyclic) bond motifs is 2. The third-order valence-corrected chi connectivity index (χ3v) is 21.1. The molecule has 130 heavy (non-hydrogen) atoms. The Hall–Kier alpha value is -12.9. The Labute approximate surface area is 740 Å². The molecule has 4 aliphatic rings. The summed E-state index contributed by atoms with van der Waals surface area (Å²) in [4.78, 5) is 103. The third kappa shape index (κ3) is 22.8. The molecule has 0 spiro atoms. The van der Waals surface area contributed by atoms with Gasteiger partial charge < -0.3 is 151 Å². The van der Waals surface area contributed by atoms with E-state index in [1.165, 1.54) is 19.9 Å². The highest BCUT2D eigenvalue weighted by Gasteiger charge is 2.58. The van der Waals surface area contributed by atoms with Gasteiger partial charge in [-0.05, 0) is 65.6 Å². The van der Waals surface area contributed by atoms with Crippen molar-refractivity contribution in [1.82, 2.24) is 0 Å². The van der Waals surface area contributed by atoms with Crippen LogP contribution in [0.25, 0.3) is 44.6 Å². The van der Waals surface area contributed by atoms with Crippen molar-refractivity contribution in [2.45, 2.75) is 200 Å². The molecule has 0 radical (unpaired) electrons. The average molecular weight is 1820 g/mol. The number of rotatable bonds is 29. The molecule has 0 unspecified atom stereocenters. The minimum atomic E-state index is -2.09. The van der Waals surface area contributed by atoms with Gasteiger partial charge in [0.1, 0.15) is 133 Å². The Morgan fingerprint density at radius 3 is 1.31 bits per heavy atom. The number of hydrogen-bond donors (Lipinski definition) is 12. The molecule has 13 rings (SSSR count). The fraction of sp³-hybridized carbons (Fsp3) is 0.407. The molecule has 12 N–H and O–H groups in total. The number of aliphatic hydroxyl groups is 6. The normalized spacial score (nSPS) is 25.3. The van der Waals surface area contributed by atoms with Crippen molar-refractivity contribution in [3.05, 3.63) is 182 Å². The minimum absolute atomic E-state index is 0. The standard InChI is InChI=1S/C50H52O16.C40H44O23.CH4/c1-27-18-33(53)39-34(19-27)62-45(48(42(39)56)66-50-44(58)43(57)47(38(23-52)64-50)65-49-41(55)28(2)40(54)37(22-51)63-49)32-20-35(59-24-29-12-6-3-7-13-29)46(61-26-31-16-10-5-11-17-31)36(21-32)60-25-30-14-8-4-9-15-30;1-14-32(55-17(4)43)27(12-53-15(2)41)60-39(33(14)56-18(5)44)62-35-28(13-54-16(3)42)61-40(38(58-20(7)46)37(35)57-19(6)45)63-36-31(52)29-23(48)10-22(47)11-26(29)59-34(36)21-8-24(49)30(51)25(50)9-21;/h3-21,28,37-38,40-41,43-44,47,49-55,57-58H,22-26H2,1-2H3;8-11,14,27-28,32-33,35,37-40,47-51H,12-13H2,1-7H3;1H4/t28-,37+,38+,40+,41+,43+,44+,47+,49-,50-;14-,27+,28+,32+,33+,35+,37-,38+,39-,40-;/m00./s1. The van der Waals surface area contributed by atoms with Gasteiger partial charge in [0.05, 0.1) is 19.3 Å². The van der Waals surface area contributed by atoms with Gasteiger partial charge in [0.15, 0.2) is 65.1 Å². The summed E-state index contributed by atoms with van der Waals surface area (Å²) >= 11 is 0. The lowest BCUT2D eigenvalue weighted by molar-refractivity contribution is -0.349. The summed E-state index contributed by atoms with van der Waals surface area (Å²) in [6, 6.07) is 37.9. The molecule has 6 heterocycles. The Bertz CT molecular complexity index is 5510. The molecule has 4 saturated heterocycles. The predicted octanol–water partition coefficient (Wildman–Crippen LogP) is 6.82. The number of phenolic OH excluding ortho intramolecular Hbond substituents is 6. The first-order chi connectivity index (χ1) is 61.5. The van der Waals surface area contributed by atoms with Crippen molar-refractivity contribution in [2.24, 2.45) is 11.8 Å². The zero-order valence-electron chi connectivity index (χ0n) is 70.7. The molecule has 20 atom stereocenters. The largest absolute Gasteiger partial charge is 0.508 e. The Morgan fingerprint density at radius 1 is 0.385 bits per heavy atom. The van der Waals surface area contributed by atoms with Crippen molar-refractivity contribution in [2.75, 3.05) is 26.4 Å². The smallest absolute Gasteiger partial charge is 0.303 e. The quantitative estimate of drug-likeness (QED) is 0.0130. The molecule has 39 heteroatoms. The number of carbonyl (C=O) groups excluding carboxylic acids is 6. The lowest BCUT2D eigenvalue weighted by Gasteiger charge is -2.48. The fourth-order valence-electron chi connectivity index (χ4n) is 14.9. The Morgan fingerprint density at radius 2 is 0.808 bits per heavy atom. The van der Waals surface area contributed by atoms with Crippen LogP contribution >= 0.6 is 0 Å².